The highest BCUT2D eigenvalue weighted by molar-refractivity contribution is 7.91. The van der Waals surface area contributed by atoms with Gasteiger partial charge >= 0.3 is 0 Å². The van der Waals surface area contributed by atoms with Gasteiger partial charge < -0.3 is 10.2 Å². The molecule has 1 fully saturated rings. The number of hydrogen-bond donors (Lipinski definition) is 1. The molecule has 1 aliphatic heterocycles. The van der Waals surface area contributed by atoms with Crippen molar-refractivity contribution in [3.8, 4) is 0 Å². The molecule has 2 amide bonds. The van der Waals surface area contributed by atoms with Gasteiger partial charge in [-0.15, -0.1) is 0 Å². The molecule has 1 aliphatic rings. The van der Waals surface area contributed by atoms with Gasteiger partial charge in [0, 0.05) is 37.3 Å². The van der Waals surface area contributed by atoms with Gasteiger partial charge in [0.1, 0.15) is 5.82 Å². The van der Waals surface area contributed by atoms with Crippen LogP contribution < -0.4 is 5.32 Å². The van der Waals surface area contributed by atoms with Crippen molar-refractivity contribution in [2.24, 2.45) is 0 Å². The number of fused-ring (bicyclic) bond motifs is 1. The predicted octanol–water partition coefficient (Wildman–Crippen LogP) is 3.40. The Morgan fingerprint density at radius 1 is 1.06 bits per heavy atom. The zero-order valence-corrected chi connectivity index (χ0v) is 17.6. The molecule has 1 N–H and O–H groups in total. The summed E-state index contributed by atoms with van der Waals surface area (Å²) in [7, 11) is -4.20. The topological polar surface area (TPSA) is 96.4 Å². The van der Waals surface area contributed by atoms with E-state index in [4.69, 9.17) is 0 Å². The summed E-state index contributed by atoms with van der Waals surface area (Å²) < 4.78 is 41.3. The Morgan fingerprint density at radius 2 is 1.74 bits per heavy atom. The highest BCUT2D eigenvalue weighted by atomic mass is 32.2. The second-order valence-electron chi connectivity index (χ2n) is 7.37. The monoisotopic (exact) mass is 441 g/mol. The predicted molar refractivity (Wildman–Crippen MR) is 113 cm³/mol. The van der Waals surface area contributed by atoms with Crippen LogP contribution in [0.5, 0.6) is 0 Å². The van der Waals surface area contributed by atoms with Crippen molar-refractivity contribution in [3.05, 3.63) is 60.0 Å². The van der Waals surface area contributed by atoms with Gasteiger partial charge in [-0.1, -0.05) is 0 Å². The number of likely N-dealkylation sites (tertiary alicyclic amines) is 1. The lowest BCUT2D eigenvalue weighted by Crippen LogP contribution is -2.29. The Kier molecular flexibility index (Phi) is 5.45. The molecule has 2 aromatic carbocycles. The van der Waals surface area contributed by atoms with Gasteiger partial charge in [-0.3, -0.25) is 14.6 Å². The van der Waals surface area contributed by atoms with E-state index in [0.717, 1.165) is 18.9 Å². The third-order valence-corrected chi connectivity index (χ3v) is 7.03. The first kappa shape index (κ1) is 20.9. The average Bonchev–Trinajstić information content (AvgIpc) is 3.27. The van der Waals surface area contributed by atoms with Gasteiger partial charge in [0.05, 0.1) is 20.9 Å². The number of carbonyl (C=O) groups is 2. The highest BCUT2D eigenvalue weighted by Gasteiger charge is 2.31. The number of aromatic nitrogens is 1. The van der Waals surface area contributed by atoms with Crippen molar-refractivity contribution in [2.75, 3.05) is 18.4 Å². The molecule has 0 saturated carbocycles. The molecule has 31 heavy (non-hydrogen) atoms. The van der Waals surface area contributed by atoms with Gasteiger partial charge in [-0.05, 0) is 55.3 Å². The second kappa shape index (κ2) is 8.07. The van der Waals surface area contributed by atoms with Gasteiger partial charge in [0.2, 0.25) is 15.7 Å². The van der Waals surface area contributed by atoms with Crippen LogP contribution in [0.15, 0.2) is 58.5 Å². The van der Waals surface area contributed by atoms with E-state index in [1.54, 1.807) is 4.90 Å². The first-order valence-electron chi connectivity index (χ1n) is 9.77. The zero-order chi connectivity index (χ0) is 22.2. The lowest BCUT2D eigenvalue weighted by Gasteiger charge is -2.19. The summed E-state index contributed by atoms with van der Waals surface area (Å²) in [6.07, 6.45) is 2.93. The van der Waals surface area contributed by atoms with Gasteiger partial charge in [0.15, 0.2) is 0 Å². The third kappa shape index (κ3) is 4.00. The number of rotatable bonds is 4. The number of nitrogens with one attached hydrogen (secondary N) is 1. The van der Waals surface area contributed by atoms with Crippen molar-refractivity contribution in [1.82, 2.24) is 9.88 Å². The van der Waals surface area contributed by atoms with Gasteiger partial charge in [-0.25, -0.2) is 12.8 Å². The Bertz CT molecular complexity index is 1280. The van der Waals surface area contributed by atoms with Crippen LogP contribution in [0.25, 0.3) is 10.9 Å². The molecule has 0 spiro atoms. The number of pyridine rings is 1. The normalized spacial score (nSPS) is 14.1. The van der Waals surface area contributed by atoms with E-state index < -0.39 is 21.6 Å². The first-order chi connectivity index (χ1) is 14.8. The fourth-order valence-corrected chi connectivity index (χ4v) is 5.32. The molecule has 9 heteroatoms. The van der Waals surface area contributed by atoms with Gasteiger partial charge in [0.25, 0.3) is 5.91 Å². The van der Waals surface area contributed by atoms with E-state index in [1.165, 1.54) is 49.5 Å². The standard InChI is InChI=1S/C22H20FN3O4S/c1-14(27)25-16-5-7-17(8-6-16)31(29,30)21-18-12-15(23)4-9-20(18)24-13-19(21)22(28)26-10-2-3-11-26/h4-9,12-13H,2-3,10-11H2,1H3,(H,25,27). The SMILES string of the molecule is CC(=O)Nc1ccc(S(=O)(=O)c2c(C(=O)N3CCCC3)cnc3ccc(F)cc23)cc1. The van der Waals surface area contributed by atoms with E-state index in [1.807, 2.05) is 0 Å². The summed E-state index contributed by atoms with van der Waals surface area (Å²) in [5.41, 5.74) is 0.629. The minimum absolute atomic E-state index is 0.0518. The summed E-state index contributed by atoms with van der Waals surface area (Å²) >= 11 is 0. The maximum absolute atomic E-state index is 14.1. The molecule has 0 radical (unpaired) electrons. The molecule has 0 aliphatic carbocycles. The second-order valence-corrected chi connectivity index (χ2v) is 9.26. The minimum atomic E-state index is -4.20. The summed E-state index contributed by atoms with van der Waals surface area (Å²) in [6.45, 7) is 2.41. The van der Waals surface area contributed by atoms with Crippen molar-refractivity contribution in [1.29, 1.82) is 0 Å². The maximum Gasteiger partial charge on any atom is 0.256 e. The molecule has 7 nitrogen and oxygen atoms in total. The van der Waals surface area contributed by atoms with Crippen LogP contribution in [0.2, 0.25) is 0 Å². The van der Waals surface area contributed by atoms with E-state index in [0.29, 0.717) is 18.8 Å². The number of anilines is 1. The number of carbonyl (C=O) groups excluding carboxylic acids is 2. The lowest BCUT2D eigenvalue weighted by molar-refractivity contribution is -0.114. The molecule has 1 saturated heterocycles. The molecule has 2 heterocycles. The number of sulfone groups is 1. The Hall–Kier alpha value is -3.33. The van der Waals surface area contributed by atoms with Crippen molar-refractivity contribution in [3.63, 3.8) is 0 Å². The van der Waals surface area contributed by atoms with Crippen molar-refractivity contribution < 1.29 is 22.4 Å². The number of halogens is 1. The lowest BCUT2D eigenvalue weighted by atomic mass is 10.1. The van der Waals surface area contributed by atoms with Crippen LogP contribution in [0.3, 0.4) is 0 Å². The fraction of sp³-hybridized carbons (Fsp3) is 0.227. The first-order valence-corrected chi connectivity index (χ1v) is 11.3. The summed E-state index contributed by atoms with van der Waals surface area (Å²) in [4.78, 5) is 29.8. The molecule has 0 bridgehead atoms. The van der Waals surface area contributed by atoms with Crippen molar-refractivity contribution >= 4 is 38.2 Å². The van der Waals surface area contributed by atoms with E-state index in [9.17, 15) is 22.4 Å². The molecule has 160 valence electrons. The molecule has 0 unspecified atom stereocenters. The van der Waals surface area contributed by atoms with Crippen LogP contribution in [0.1, 0.15) is 30.1 Å². The van der Waals surface area contributed by atoms with Crippen LogP contribution in [0.4, 0.5) is 10.1 Å². The largest absolute Gasteiger partial charge is 0.339 e. The molecule has 3 aromatic rings. The summed E-state index contributed by atoms with van der Waals surface area (Å²) in [5.74, 6) is -1.35. The molecular formula is C22H20FN3O4S. The number of hydrogen-bond acceptors (Lipinski definition) is 5. The zero-order valence-electron chi connectivity index (χ0n) is 16.8. The fourth-order valence-electron chi connectivity index (χ4n) is 3.71. The van der Waals surface area contributed by atoms with Crippen LogP contribution in [-0.4, -0.2) is 43.2 Å². The van der Waals surface area contributed by atoms with E-state index in [2.05, 4.69) is 10.3 Å². The Labute approximate surface area is 178 Å². The highest BCUT2D eigenvalue weighted by Crippen LogP contribution is 2.33. The third-order valence-electron chi connectivity index (χ3n) is 5.16. The Morgan fingerprint density at radius 3 is 2.39 bits per heavy atom. The number of nitrogens with zero attached hydrogens (tertiary/aromatic N) is 2. The maximum atomic E-state index is 14.1. The number of benzene rings is 2. The smallest absolute Gasteiger partial charge is 0.256 e. The van der Waals surface area contributed by atoms with E-state index >= 15 is 0 Å². The summed E-state index contributed by atoms with van der Waals surface area (Å²) in [5, 5.41) is 2.62. The Balaban J connectivity index is 1.91. The number of amides is 2. The van der Waals surface area contributed by atoms with Gasteiger partial charge in [-0.2, -0.15) is 0 Å². The van der Waals surface area contributed by atoms with Crippen molar-refractivity contribution in [2.45, 2.75) is 29.6 Å². The van der Waals surface area contributed by atoms with Crippen LogP contribution in [0, 0.1) is 5.82 Å². The molecule has 4 rings (SSSR count). The minimum Gasteiger partial charge on any atom is -0.339 e. The molecule has 0 atom stereocenters. The average molecular weight is 441 g/mol. The molecule has 1 aromatic heterocycles. The quantitative estimate of drug-likeness (QED) is 0.669. The van der Waals surface area contributed by atoms with E-state index in [-0.39, 0.29) is 32.2 Å². The van der Waals surface area contributed by atoms with Crippen LogP contribution >= 0.6 is 0 Å². The molecular weight excluding hydrogens is 421 g/mol. The summed E-state index contributed by atoms with van der Waals surface area (Å²) in [6, 6.07) is 9.26. The van der Waals surface area contributed by atoms with Crippen LogP contribution in [-0.2, 0) is 14.6 Å².